The number of halogens is 2. The fourth-order valence-electron chi connectivity index (χ4n) is 2.60. The Balaban J connectivity index is 1.77. The van der Waals surface area contributed by atoms with Crippen molar-refractivity contribution in [1.29, 1.82) is 5.26 Å². The molecule has 3 rings (SSSR count). The lowest BCUT2D eigenvalue weighted by Crippen LogP contribution is -1.95. The molecule has 0 N–H and O–H groups in total. The van der Waals surface area contributed by atoms with Gasteiger partial charge in [-0.1, -0.05) is 41.4 Å². The van der Waals surface area contributed by atoms with E-state index in [0.29, 0.717) is 33.5 Å². The van der Waals surface area contributed by atoms with Crippen LogP contribution in [0.15, 0.2) is 66.7 Å². The van der Waals surface area contributed by atoms with E-state index >= 15 is 0 Å². The lowest BCUT2D eigenvalue weighted by atomic mass is 10.0. The van der Waals surface area contributed by atoms with E-state index in [1.54, 1.807) is 36.4 Å². The van der Waals surface area contributed by atoms with Gasteiger partial charge >= 0.3 is 0 Å². The van der Waals surface area contributed by atoms with Crippen molar-refractivity contribution >= 4 is 40.5 Å². The van der Waals surface area contributed by atoms with Crippen LogP contribution in [0.2, 0.25) is 10.0 Å². The molecule has 0 heterocycles. The summed E-state index contributed by atoms with van der Waals surface area (Å²) >= 11 is 11.9. The molecule has 0 aliphatic rings. The van der Waals surface area contributed by atoms with Crippen LogP contribution in [0, 0.1) is 21.4 Å². The number of ether oxygens (including phenoxy) is 1. The Labute approximate surface area is 177 Å². The predicted octanol–water partition coefficient (Wildman–Crippen LogP) is 6.54. The van der Waals surface area contributed by atoms with Gasteiger partial charge in [-0.05, 0) is 59.2 Å². The number of nitriles is 1. The Morgan fingerprint density at radius 1 is 1.07 bits per heavy atom. The van der Waals surface area contributed by atoms with E-state index in [-0.39, 0.29) is 5.69 Å². The monoisotopic (exact) mass is 424 g/mol. The smallest absolute Gasteiger partial charge is 0.269 e. The van der Waals surface area contributed by atoms with Gasteiger partial charge in [-0.25, -0.2) is 0 Å². The maximum Gasteiger partial charge on any atom is 0.269 e. The Kier molecular flexibility index (Phi) is 6.50. The third-order valence-electron chi connectivity index (χ3n) is 4.07. The molecule has 29 heavy (non-hydrogen) atoms. The molecule has 0 unspecified atom stereocenters. The molecule has 5 nitrogen and oxygen atoms in total. The van der Waals surface area contributed by atoms with E-state index in [9.17, 15) is 15.4 Å². The molecule has 0 fully saturated rings. The molecule has 3 aromatic carbocycles. The second kappa shape index (κ2) is 9.24. The quantitative estimate of drug-likeness (QED) is 0.194. The fourth-order valence-corrected chi connectivity index (χ4v) is 2.92. The standard InChI is InChI=1S/C22H14Cl2N2O3/c23-21-9-4-16(12-22(21)24)14-29-20-3-1-2-15(11-20)10-18(13-25)17-5-7-19(8-6-17)26(27)28/h1-12H,14H2. The second-order valence-electron chi connectivity index (χ2n) is 6.08. The van der Waals surface area contributed by atoms with Crippen molar-refractivity contribution in [3.63, 3.8) is 0 Å². The number of benzene rings is 3. The molecular formula is C22H14Cl2N2O3. The molecule has 0 aromatic heterocycles. The van der Waals surface area contributed by atoms with Gasteiger partial charge in [-0.2, -0.15) is 5.26 Å². The number of hydrogen-bond acceptors (Lipinski definition) is 4. The summed E-state index contributed by atoms with van der Waals surface area (Å²) in [5.74, 6) is 0.630. The van der Waals surface area contributed by atoms with Crippen molar-refractivity contribution in [2.45, 2.75) is 6.61 Å². The van der Waals surface area contributed by atoms with E-state index in [1.807, 2.05) is 24.3 Å². The van der Waals surface area contributed by atoms with Crippen molar-refractivity contribution in [1.82, 2.24) is 0 Å². The Bertz CT molecular complexity index is 1120. The van der Waals surface area contributed by atoms with Gasteiger partial charge in [0.25, 0.3) is 5.69 Å². The zero-order valence-corrected chi connectivity index (χ0v) is 16.5. The van der Waals surface area contributed by atoms with Crippen molar-refractivity contribution in [2.75, 3.05) is 0 Å². The van der Waals surface area contributed by atoms with Crippen LogP contribution in [0.4, 0.5) is 5.69 Å². The zero-order chi connectivity index (χ0) is 20.8. The van der Waals surface area contributed by atoms with Gasteiger partial charge in [0.1, 0.15) is 12.4 Å². The van der Waals surface area contributed by atoms with Crippen LogP contribution in [0.25, 0.3) is 11.6 Å². The lowest BCUT2D eigenvalue weighted by molar-refractivity contribution is -0.384. The van der Waals surface area contributed by atoms with Crippen LogP contribution in [-0.4, -0.2) is 4.92 Å². The summed E-state index contributed by atoms with van der Waals surface area (Å²) in [6, 6.07) is 20.6. The molecule has 0 aliphatic carbocycles. The van der Waals surface area contributed by atoms with Crippen LogP contribution in [-0.2, 0) is 6.61 Å². The normalized spacial score (nSPS) is 11.0. The summed E-state index contributed by atoms with van der Waals surface area (Å²) in [6.07, 6.45) is 1.70. The molecule has 7 heteroatoms. The van der Waals surface area contributed by atoms with Gasteiger partial charge in [0.05, 0.1) is 26.6 Å². The average Bonchev–Trinajstić information content (AvgIpc) is 2.73. The maximum absolute atomic E-state index is 10.8. The summed E-state index contributed by atoms with van der Waals surface area (Å²) in [6.45, 7) is 0.317. The lowest BCUT2D eigenvalue weighted by Gasteiger charge is -2.08. The zero-order valence-electron chi connectivity index (χ0n) is 15.0. The Morgan fingerprint density at radius 2 is 1.83 bits per heavy atom. The van der Waals surface area contributed by atoms with Crippen molar-refractivity contribution in [2.24, 2.45) is 0 Å². The number of nitrogens with zero attached hydrogens (tertiary/aromatic N) is 2. The van der Waals surface area contributed by atoms with Crippen molar-refractivity contribution in [3.05, 3.63) is 104 Å². The number of nitro groups is 1. The van der Waals surface area contributed by atoms with Crippen molar-refractivity contribution < 1.29 is 9.66 Å². The molecule has 3 aromatic rings. The molecule has 0 radical (unpaired) electrons. The minimum Gasteiger partial charge on any atom is -0.489 e. The number of rotatable bonds is 6. The Hall–Kier alpha value is -3.33. The third-order valence-corrected chi connectivity index (χ3v) is 4.81. The molecule has 0 aliphatic heterocycles. The summed E-state index contributed by atoms with van der Waals surface area (Å²) in [7, 11) is 0. The number of allylic oxidation sites excluding steroid dienone is 1. The maximum atomic E-state index is 10.8. The van der Waals surface area contributed by atoms with E-state index < -0.39 is 4.92 Å². The first kappa shape index (κ1) is 20.4. The molecule has 0 saturated heterocycles. The first-order valence-corrected chi connectivity index (χ1v) is 9.25. The highest BCUT2D eigenvalue weighted by Crippen LogP contribution is 2.25. The Morgan fingerprint density at radius 3 is 2.48 bits per heavy atom. The molecule has 0 atom stereocenters. The average molecular weight is 425 g/mol. The molecule has 0 saturated carbocycles. The predicted molar refractivity (Wildman–Crippen MR) is 114 cm³/mol. The van der Waals surface area contributed by atoms with Gasteiger partial charge < -0.3 is 4.74 Å². The van der Waals surface area contributed by atoms with E-state index in [0.717, 1.165) is 11.1 Å². The minimum atomic E-state index is -0.478. The van der Waals surface area contributed by atoms with Gasteiger partial charge in [-0.3, -0.25) is 10.1 Å². The number of nitro benzene ring substituents is 1. The van der Waals surface area contributed by atoms with E-state index in [1.165, 1.54) is 12.1 Å². The molecule has 144 valence electrons. The highest BCUT2D eigenvalue weighted by molar-refractivity contribution is 6.42. The van der Waals surface area contributed by atoms with Gasteiger partial charge in [-0.15, -0.1) is 0 Å². The first-order valence-electron chi connectivity index (χ1n) is 8.49. The molecular weight excluding hydrogens is 411 g/mol. The first-order chi connectivity index (χ1) is 14.0. The van der Waals surface area contributed by atoms with Crippen LogP contribution in [0.5, 0.6) is 5.75 Å². The van der Waals surface area contributed by atoms with Gasteiger partial charge in [0.2, 0.25) is 0 Å². The molecule has 0 bridgehead atoms. The topological polar surface area (TPSA) is 76.2 Å². The summed E-state index contributed by atoms with van der Waals surface area (Å²) < 4.78 is 5.80. The van der Waals surface area contributed by atoms with Crippen LogP contribution in [0.3, 0.4) is 0 Å². The highest BCUT2D eigenvalue weighted by Gasteiger charge is 2.07. The fraction of sp³-hybridized carbons (Fsp3) is 0.0455. The highest BCUT2D eigenvalue weighted by atomic mass is 35.5. The van der Waals surface area contributed by atoms with Gasteiger partial charge in [0.15, 0.2) is 0 Å². The summed E-state index contributed by atoms with van der Waals surface area (Å²) in [5.41, 5.74) is 2.61. The van der Waals surface area contributed by atoms with Crippen LogP contribution >= 0.6 is 23.2 Å². The van der Waals surface area contributed by atoms with Gasteiger partial charge in [0, 0.05) is 12.1 Å². The largest absolute Gasteiger partial charge is 0.489 e. The summed E-state index contributed by atoms with van der Waals surface area (Å²) in [4.78, 5) is 10.3. The van der Waals surface area contributed by atoms with E-state index in [4.69, 9.17) is 27.9 Å². The van der Waals surface area contributed by atoms with Crippen LogP contribution < -0.4 is 4.74 Å². The minimum absolute atomic E-state index is 0.0243. The third kappa shape index (κ3) is 5.35. The molecule has 0 spiro atoms. The SMILES string of the molecule is N#CC(=Cc1cccc(OCc2ccc(Cl)c(Cl)c2)c1)c1ccc([N+](=O)[O-])cc1. The summed E-state index contributed by atoms with van der Waals surface area (Å²) in [5, 5.41) is 21.2. The molecule has 0 amide bonds. The number of non-ortho nitro benzene ring substituents is 1. The van der Waals surface area contributed by atoms with Crippen LogP contribution in [0.1, 0.15) is 16.7 Å². The second-order valence-corrected chi connectivity index (χ2v) is 6.90. The number of hydrogen-bond donors (Lipinski definition) is 0. The van der Waals surface area contributed by atoms with E-state index in [2.05, 4.69) is 6.07 Å². The van der Waals surface area contributed by atoms with Crippen molar-refractivity contribution in [3.8, 4) is 11.8 Å².